The number of benzene rings is 1. The lowest BCUT2D eigenvalue weighted by Gasteiger charge is -2.39. The van der Waals surface area contributed by atoms with Crippen LogP contribution in [0.15, 0.2) is 30.6 Å². The van der Waals surface area contributed by atoms with Crippen LogP contribution >= 0.6 is 0 Å². The van der Waals surface area contributed by atoms with Gasteiger partial charge < -0.3 is 38.1 Å². The molecule has 3 heterocycles. The van der Waals surface area contributed by atoms with E-state index in [-0.39, 0.29) is 29.7 Å². The van der Waals surface area contributed by atoms with Gasteiger partial charge in [-0.2, -0.15) is 17.9 Å². The van der Waals surface area contributed by atoms with E-state index < -0.39 is 64.5 Å². The molecule has 0 spiro atoms. The van der Waals surface area contributed by atoms with Gasteiger partial charge in [0.25, 0.3) is 0 Å². The third kappa shape index (κ3) is 16.1. The largest absolute Gasteiger partial charge is 0.741 e. The number of carbonyl (C=O) groups excluding carboxylic acids is 3. The first-order valence-corrected chi connectivity index (χ1v) is 25.7. The van der Waals surface area contributed by atoms with E-state index >= 15 is 0 Å². The molecule has 1 fully saturated rings. The highest BCUT2D eigenvalue weighted by Gasteiger charge is 2.49. The van der Waals surface area contributed by atoms with E-state index in [1.54, 1.807) is 32.6 Å². The second-order valence-electron chi connectivity index (χ2n) is 21.2. The van der Waals surface area contributed by atoms with Crippen LogP contribution in [-0.4, -0.2) is 109 Å². The van der Waals surface area contributed by atoms with Crippen molar-refractivity contribution < 1.29 is 73.4 Å². The van der Waals surface area contributed by atoms with E-state index in [0.717, 1.165) is 16.7 Å². The highest BCUT2D eigenvalue weighted by Crippen LogP contribution is 2.39. The zero-order valence-corrected chi connectivity index (χ0v) is 42.2. The van der Waals surface area contributed by atoms with Crippen molar-refractivity contribution in [2.24, 2.45) is 11.8 Å². The first-order chi connectivity index (χ1) is 29.2. The highest BCUT2D eigenvalue weighted by molar-refractivity contribution is 7.86. The molecule has 65 heavy (non-hydrogen) atoms. The van der Waals surface area contributed by atoms with Crippen LogP contribution in [0.2, 0.25) is 18.1 Å². The molecule has 1 saturated heterocycles. The Morgan fingerprint density at radius 3 is 1.97 bits per heavy atom. The van der Waals surface area contributed by atoms with Crippen molar-refractivity contribution in [1.29, 1.82) is 0 Å². The molecular formula is C43H70F3N5O12SSi. The highest BCUT2D eigenvalue weighted by atomic mass is 32.2. The van der Waals surface area contributed by atoms with Crippen LogP contribution in [-0.2, 0) is 57.9 Å². The fourth-order valence-corrected chi connectivity index (χ4v) is 7.78. The molecule has 2 amide bonds. The summed E-state index contributed by atoms with van der Waals surface area (Å²) in [6.45, 7) is 31.7. The van der Waals surface area contributed by atoms with Crippen LogP contribution in [0.1, 0.15) is 102 Å². The first kappa shape index (κ1) is 55.4. The van der Waals surface area contributed by atoms with Crippen LogP contribution in [0.4, 0.5) is 22.8 Å². The van der Waals surface area contributed by atoms with E-state index in [9.17, 15) is 27.6 Å². The van der Waals surface area contributed by atoms with Crippen LogP contribution in [0.3, 0.4) is 0 Å². The van der Waals surface area contributed by atoms with Crippen molar-refractivity contribution in [3.05, 3.63) is 36.2 Å². The third-order valence-corrected chi connectivity index (χ3v) is 15.9. The summed E-state index contributed by atoms with van der Waals surface area (Å²) < 4.78 is 93.4. The second-order valence-corrected chi connectivity index (χ2v) is 27.3. The molecule has 1 aromatic carbocycles. The van der Waals surface area contributed by atoms with Gasteiger partial charge in [-0.3, -0.25) is 4.84 Å². The predicted molar refractivity (Wildman–Crippen MR) is 236 cm³/mol. The summed E-state index contributed by atoms with van der Waals surface area (Å²) in [4.78, 5) is 45.7. The molecule has 2 aromatic rings. The molecule has 4 rings (SSSR count). The maximum atomic E-state index is 13.2. The normalized spacial score (nSPS) is 17.8. The van der Waals surface area contributed by atoms with Crippen LogP contribution in [0.25, 0.3) is 11.1 Å². The molecule has 0 aliphatic carbocycles. The molecule has 1 aromatic heterocycles. The Labute approximate surface area is 382 Å². The monoisotopic (exact) mass is 965 g/mol. The SMILES string of the molecule is CC(C)(C)OC(=O)NC[C@@H](Cn1cc(-c2ccc3c(c2)CC[C@H](C(C)(ON)C(=O)OC(C)(C)C)O3)c[n+]1CC1CN(C(=O)OC(C)(C)C)C1)O[Si](C)(C)C(C)(C)C.O=S(=O)([O-])C(F)(F)F. The molecule has 17 nitrogen and oxygen atoms in total. The molecule has 0 radical (unpaired) electrons. The quantitative estimate of drug-likeness (QED) is 0.0419. The molecule has 3 N–H and O–H groups in total. The van der Waals surface area contributed by atoms with Gasteiger partial charge in [0.15, 0.2) is 25.0 Å². The van der Waals surface area contributed by atoms with E-state index in [2.05, 4.69) is 67.0 Å². The number of fused-ring (bicyclic) bond motifs is 1. The van der Waals surface area contributed by atoms with E-state index in [1.807, 2.05) is 53.7 Å². The number of esters is 1. The van der Waals surface area contributed by atoms with Gasteiger partial charge in [0.05, 0.1) is 23.8 Å². The number of aromatic nitrogens is 2. The number of alkyl halides is 3. The van der Waals surface area contributed by atoms with Crippen molar-refractivity contribution >= 4 is 36.6 Å². The summed E-state index contributed by atoms with van der Waals surface area (Å²) in [5, 5.41) is 2.90. The molecular weight excluding hydrogens is 896 g/mol. The van der Waals surface area contributed by atoms with Crippen molar-refractivity contribution in [2.75, 3.05) is 19.6 Å². The van der Waals surface area contributed by atoms with Crippen molar-refractivity contribution in [1.82, 2.24) is 14.9 Å². The first-order valence-electron chi connectivity index (χ1n) is 21.4. The van der Waals surface area contributed by atoms with Crippen LogP contribution in [0.5, 0.6) is 5.75 Å². The lowest BCUT2D eigenvalue weighted by atomic mass is 9.89. The number of aryl methyl sites for hydroxylation is 1. The number of halogens is 3. The number of nitrogens with zero attached hydrogens (tertiary/aromatic N) is 3. The Bertz CT molecular complexity index is 2100. The number of rotatable bonds is 12. The maximum Gasteiger partial charge on any atom is 0.485 e. The number of carbonyl (C=O) groups is 3. The fraction of sp³-hybridized carbons (Fsp3) is 0.721. The molecule has 0 saturated carbocycles. The Balaban J connectivity index is 0.00000128. The minimum Gasteiger partial charge on any atom is -0.741 e. The fourth-order valence-electron chi connectivity index (χ4n) is 6.44. The van der Waals surface area contributed by atoms with Crippen molar-refractivity contribution in [3.63, 3.8) is 0 Å². The number of alkyl carbamates (subject to hydrolysis) is 1. The summed E-state index contributed by atoms with van der Waals surface area (Å²) >= 11 is 0. The number of hydrogen-bond donors (Lipinski definition) is 2. The van der Waals surface area contributed by atoms with Crippen molar-refractivity contribution in [2.45, 2.75) is 174 Å². The standard InChI is InChI=1S/C42H69N5O9Si.CHF3O3S/c1-38(2,3)52-35(48)42(13,56-43)34-19-17-30-20-29(16-18-33(30)51-34)31-25-46(24-28-22-45(23-28)37(50)54-40(7,8)9)47(26-31)27-32(55-57(14,15)41(10,11)12)21-44-36(49)53-39(4,5)6;2-1(3,4)8(5,6)7/h16,18,20,25-26,28,32,34H,17,19,21-24,27,43H2,1-15H3;(H,5,6,7)/t32-,34+,42?;/m0./s1. The Morgan fingerprint density at radius 2 is 1.48 bits per heavy atom. The minimum atomic E-state index is -6.09. The second kappa shape index (κ2) is 20.1. The average Bonchev–Trinajstić information content (AvgIpc) is 3.49. The van der Waals surface area contributed by atoms with Gasteiger partial charge in [-0.15, -0.1) is 4.68 Å². The summed E-state index contributed by atoms with van der Waals surface area (Å²) in [6, 6.07) is 6.04. The van der Waals surface area contributed by atoms with Gasteiger partial charge in [0.2, 0.25) is 11.8 Å². The molecule has 2 aliphatic rings. The zero-order valence-electron chi connectivity index (χ0n) is 40.4. The molecule has 2 aliphatic heterocycles. The van der Waals surface area contributed by atoms with Gasteiger partial charge in [0, 0.05) is 19.6 Å². The smallest absolute Gasteiger partial charge is 0.485 e. The maximum absolute atomic E-state index is 13.2. The Hall–Kier alpha value is -3.96. The average molecular weight is 966 g/mol. The van der Waals surface area contributed by atoms with Crippen LogP contribution in [0, 0.1) is 5.92 Å². The van der Waals surface area contributed by atoms with E-state index in [4.69, 9.17) is 47.1 Å². The van der Waals surface area contributed by atoms with Gasteiger partial charge >= 0.3 is 23.7 Å². The molecule has 3 atom stereocenters. The lowest BCUT2D eigenvalue weighted by Crippen LogP contribution is -2.58. The number of amides is 2. The van der Waals surface area contributed by atoms with Gasteiger partial charge in [0.1, 0.15) is 35.2 Å². The summed E-state index contributed by atoms with van der Waals surface area (Å²) in [5.74, 6) is 5.98. The van der Waals surface area contributed by atoms with Gasteiger partial charge in [-0.1, -0.05) is 26.8 Å². The third-order valence-electron chi connectivity index (χ3n) is 10.8. The number of nitrogens with two attached hydrogens (primary N) is 1. The molecule has 22 heteroatoms. The predicted octanol–water partition coefficient (Wildman–Crippen LogP) is 6.96. The van der Waals surface area contributed by atoms with Gasteiger partial charge in [-0.25, -0.2) is 28.7 Å². The summed E-state index contributed by atoms with van der Waals surface area (Å²) in [5.41, 5.74) is -6.08. The Kier molecular flexibility index (Phi) is 17.1. The van der Waals surface area contributed by atoms with Crippen molar-refractivity contribution in [3.8, 4) is 16.9 Å². The van der Waals surface area contributed by atoms with E-state index in [0.29, 0.717) is 44.8 Å². The summed E-state index contributed by atoms with van der Waals surface area (Å²) in [7, 11) is -8.36. The van der Waals surface area contributed by atoms with Crippen LogP contribution < -0.4 is 20.6 Å². The summed E-state index contributed by atoms with van der Waals surface area (Å²) in [6.07, 6.45) is 3.56. The zero-order chi connectivity index (χ0) is 49.9. The Morgan fingerprint density at radius 1 is 0.923 bits per heavy atom. The molecule has 0 bridgehead atoms. The van der Waals surface area contributed by atoms with Gasteiger partial charge in [-0.05, 0) is 123 Å². The minimum absolute atomic E-state index is 0.0587. The molecule has 370 valence electrons. The topological polar surface area (TPSA) is 214 Å². The van der Waals surface area contributed by atoms with E-state index in [1.165, 1.54) is 0 Å². The number of ether oxygens (including phenoxy) is 4. The molecule has 1 unspecified atom stereocenters. The number of likely N-dealkylation sites (tertiary alicyclic amines) is 1. The lowest BCUT2D eigenvalue weighted by molar-refractivity contribution is -0.782. The number of hydrogen-bond acceptors (Lipinski definition) is 13. The number of nitrogens with one attached hydrogen (secondary N) is 1.